The number of thioether (sulfide) groups is 1. The molecule has 0 spiro atoms. The van der Waals surface area contributed by atoms with Crippen LogP contribution in [0.5, 0.6) is 0 Å². The number of nitrogens with zero attached hydrogens (tertiary/aromatic N) is 3. The van der Waals surface area contributed by atoms with Gasteiger partial charge in [0.2, 0.25) is 5.91 Å². The Bertz CT molecular complexity index is 971. The van der Waals surface area contributed by atoms with E-state index in [9.17, 15) is 9.59 Å². The number of thiophene rings is 1. The van der Waals surface area contributed by atoms with Crippen LogP contribution < -0.4 is 10.9 Å². The summed E-state index contributed by atoms with van der Waals surface area (Å²) < 4.78 is 2.94. The SMILES string of the molecule is Cn1cnnc1SCc1ccc(C(=O)NNC(=O)CCCc2ccc(Br)s2)cc1. The maximum Gasteiger partial charge on any atom is 0.269 e. The second-order valence-corrected chi connectivity index (χ2v) is 9.76. The van der Waals surface area contributed by atoms with Crippen molar-refractivity contribution in [3.63, 3.8) is 0 Å². The Morgan fingerprint density at radius 3 is 2.62 bits per heavy atom. The number of aromatic nitrogens is 3. The molecule has 152 valence electrons. The Labute approximate surface area is 185 Å². The fourth-order valence-electron chi connectivity index (χ4n) is 2.47. The van der Waals surface area contributed by atoms with E-state index in [4.69, 9.17) is 0 Å². The van der Waals surface area contributed by atoms with E-state index in [2.05, 4.69) is 37.0 Å². The number of rotatable bonds is 8. The van der Waals surface area contributed by atoms with Gasteiger partial charge in [-0.3, -0.25) is 20.4 Å². The lowest BCUT2D eigenvalue weighted by molar-refractivity contribution is -0.121. The molecule has 0 atom stereocenters. The van der Waals surface area contributed by atoms with Crippen molar-refractivity contribution in [2.24, 2.45) is 7.05 Å². The normalized spacial score (nSPS) is 10.7. The van der Waals surface area contributed by atoms with Crippen LogP contribution >= 0.6 is 39.0 Å². The third-order valence-corrected chi connectivity index (χ3v) is 6.81. The highest BCUT2D eigenvalue weighted by molar-refractivity contribution is 9.11. The van der Waals surface area contributed by atoms with E-state index in [0.29, 0.717) is 12.0 Å². The van der Waals surface area contributed by atoms with Crippen molar-refractivity contribution in [3.8, 4) is 0 Å². The summed E-state index contributed by atoms with van der Waals surface area (Å²) >= 11 is 6.66. The molecule has 10 heteroatoms. The topological polar surface area (TPSA) is 88.9 Å². The minimum atomic E-state index is -0.340. The van der Waals surface area contributed by atoms with Crippen LogP contribution in [0.15, 0.2) is 51.7 Å². The summed E-state index contributed by atoms with van der Waals surface area (Å²) in [6.45, 7) is 0. The molecule has 2 amide bonds. The quantitative estimate of drug-likeness (QED) is 0.368. The zero-order valence-corrected chi connectivity index (χ0v) is 18.9. The minimum absolute atomic E-state index is 0.203. The van der Waals surface area contributed by atoms with E-state index in [1.54, 1.807) is 41.6 Å². The number of hydrogen-bond acceptors (Lipinski definition) is 6. The van der Waals surface area contributed by atoms with Crippen molar-refractivity contribution in [3.05, 3.63) is 62.5 Å². The van der Waals surface area contributed by atoms with E-state index in [1.807, 2.05) is 35.9 Å². The summed E-state index contributed by atoms with van der Waals surface area (Å²) in [7, 11) is 1.89. The minimum Gasteiger partial charge on any atom is -0.312 e. The van der Waals surface area contributed by atoms with Crippen LogP contribution in [0.1, 0.15) is 33.6 Å². The van der Waals surface area contributed by atoms with Crippen LogP contribution in [-0.2, 0) is 24.0 Å². The van der Waals surface area contributed by atoms with E-state index < -0.39 is 0 Å². The summed E-state index contributed by atoms with van der Waals surface area (Å²) in [6.07, 6.45) is 3.58. The second-order valence-electron chi connectivity index (χ2n) is 6.27. The number of hydrazine groups is 1. The molecule has 0 fully saturated rings. The van der Waals surface area contributed by atoms with E-state index in [0.717, 1.165) is 33.1 Å². The average molecular weight is 494 g/mol. The number of carbonyl (C=O) groups is 2. The molecule has 2 N–H and O–H groups in total. The molecule has 3 rings (SSSR count). The zero-order valence-electron chi connectivity index (χ0n) is 15.7. The van der Waals surface area contributed by atoms with E-state index in [1.165, 1.54) is 4.88 Å². The largest absolute Gasteiger partial charge is 0.312 e. The molecule has 3 aromatic rings. The number of halogens is 1. The summed E-state index contributed by atoms with van der Waals surface area (Å²) in [6, 6.07) is 11.3. The summed E-state index contributed by atoms with van der Waals surface area (Å²) in [5.41, 5.74) is 6.49. The fraction of sp³-hybridized carbons (Fsp3) is 0.263. The van der Waals surface area contributed by atoms with Crippen molar-refractivity contribution in [1.82, 2.24) is 25.6 Å². The molecule has 0 saturated heterocycles. The predicted molar refractivity (Wildman–Crippen MR) is 118 cm³/mol. The summed E-state index contributed by atoms with van der Waals surface area (Å²) in [5.74, 6) is 0.185. The monoisotopic (exact) mass is 493 g/mol. The Hall–Kier alpha value is -2.17. The maximum atomic E-state index is 12.2. The maximum absolute atomic E-state index is 12.2. The number of carbonyl (C=O) groups excluding carboxylic acids is 2. The lowest BCUT2D eigenvalue weighted by atomic mass is 10.1. The molecular weight excluding hydrogens is 474 g/mol. The Morgan fingerprint density at radius 2 is 1.97 bits per heavy atom. The lowest BCUT2D eigenvalue weighted by Crippen LogP contribution is -2.41. The molecule has 1 aromatic carbocycles. The van der Waals surface area contributed by atoms with Crippen LogP contribution in [0.4, 0.5) is 0 Å². The molecule has 0 bridgehead atoms. The van der Waals surface area contributed by atoms with Crippen molar-refractivity contribution >= 4 is 50.8 Å². The van der Waals surface area contributed by atoms with Crippen molar-refractivity contribution in [1.29, 1.82) is 0 Å². The molecular formula is C19H20BrN5O2S2. The van der Waals surface area contributed by atoms with Gasteiger partial charge in [0.1, 0.15) is 6.33 Å². The Morgan fingerprint density at radius 1 is 1.17 bits per heavy atom. The summed E-state index contributed by atoms with van der Waals surface area (Å²) in [5, 5.41) is 8.71. The first-order valence-corrected chi connectivity index (χ1v) is 11.5. The predicted octanol–water partition coefficient (Wildman–Crippen LogP) is 3.72. The first-order valence-electron chi connectivity index (χ1n) is 8.90. The second kappa shape index (κ2) is 10.6. The number of hydrogen-bond donors (Lipinski definition) is 2. The number of benzene rings is 1. The highest BCUT2D eigenvalue weighted by atomic mass is 79.9. The third-order valence-electron chi connectivity index (χ3n) is 4.03. The van der Waals surface area contributed by atoms with Gasteiger partial charge in [-0.15, -0.1) is 21.5 Å². The number of amides is 2. The Balaban J connectivity index is 1.38. The van der Waals surface area contributed by atoms with Crippen molar-refractivity contribution < 1.29 is 9.59 Å². The van der Waals surface area contributed by atoms with Crippen LogP contribution in [0.2, 0.25) is 0 Å². The molecule has 29 heavy (non-hydrogen) atoms. The number of nitrogens with one attached hydrogen (secondary N) is 2. The van der Waals surface area contributed by atoms with Crippen LogP contribution in [0.25, 0.3) is 0 Å². The van der Waals surface area contributed by atoms with Crippen LogP contribution in [-0.4, -0.2) is 26.6 Å². The van der Waals surface area contributed by atoms with Gasteiger partial charge in [-0.2, -0.15) is 0 Å². The van der Waals surface area contributed by atoms with Crippen LogP contribution in [0.3, 0.4) is 0 Å². The van der Waals surface area contributed by atoms with E-state index in [-0.39, 0.29) is 11.8 Å². The molecule has 2 aromatic heterocycles. The van der Waals surface area contributed by atoms with Gasteiger partial charge >= 0.3 is 0 Å². The first kappa shape index (κ1) is 21.5. The smallest absolute Gasteiger partial charge is 0.269 e. The first-order chi connectivity index (χ1) is 14.0. The number of aryl methyl sites for hydroxylation is 2. The molecule has 0 saturated carbocycles. The summed E-state index contributed by atoms with van der Waals surface area (Å²) in [4.78, 5) is 25.3. The highest BCUT2D eigenvalue weighted by Gasteiger charge is 2.09. The van der Waals surface area contributed by atoms with Gasteiger partial charge in [-0.25, -0.2) is 0 Å². The van der Waals surface area contributed by atoms with Crippen LogP contribution in [0, 0.1) is 0 Å². The standard InChI is InChI=1S/C19H20BrN5O2S2/c1-25-12-21-24-19(25)28-11-13-5-7-14(8-6-13)18(27)23-22-17(26)4-2-3-15-9-10-16(20)29-15/h5-10,12H,2-4,11H2,1H3,(H,22,26)(H,23,27). The van der Waals surface area contributed by atoms with Gasteiger partial charge in [0.05, 0.1) is 3.79 Å². The highest BCUT2D eigenvalue weighted by Crippen LogP contribution is 2.23. The molecule has 7 nitrogen and oxygen atoms in total. The molecule has 0 aliphatic rings. The van der Waals surface area contributed by atoms with Gasteiger partial charge < -0.3 is 4.57 Å². The van der Waals surface area contributed by atoms with Gasteiger partial charge in [-0.1, -0.05) is 23.9 Å². The average Bonchev–Trinajstić information content (AvgIpc) is 3.32. The van der Waals surface area contributed by atoms with E-state index >= 15 is 0 Å². The van der Waals surface area contributed by atoms with Gasteiger partial charge in [-0.05, 0) is 58.6 Å². The fourth-order valence-corrected chi connectivity index (χ4v) is 4.84. The van der Waals surface area contributed by atoms with Gasteiger partial charge in [0.25, 0.3) is 5.91 Å². The molecule has 0 aliphatic carbocycles. The Kier molecular flexibility index (Phi) is 7.84. The lowest BCUT2D eigenvalue weighted by Gasteiger charge is -2.08. The third kappa shape index (κ3) is 6.69. The van der Waals surface area contributed by atoms with Gasteiger partial charge in [0.15, 0.2) is 5.16 Å². The zero-order chi connectivity index (χ0) is 20.6. The molecule has 0 radical (unpaired) electrons. The molecule has 0 aliphatic heterocycles. The van der Waals surface area contributed by atoms with Crippen molar-refractivity contribution in [2.75, 3.05) is 0 Å². The molecule has 0 unspecified atom stereocenters. The van der Waals surface area contributed by atoms with Gasteiger partial charge in [0, 0.05) is 29.7 Å². The van der Waals surface area contributed by atoms with Crippen molar-refractivity contribution in [2.45, 2.75) is 30.2 Å². The molecule has 2 heterocycles.